The van der Waals surface area contributed by atoms with Crippen molar-refractivity contribution in [1.29, 1.82) is 0 Å². The van der Waals surface area contributed by atoms with Crippen molar-refractivity contribution in [1.82, 2.24) is 4.90 Å². The van der Waals surface area contributed by atoms with Crippen molar-refractivity contribution >= 4 is 11.7 Å². The third kappa shape index (κ3) is 1.56. The smallest absolute Gasteiger partial charge is 0.293 e. The summed E-state index contributed by atoms with van der Waals surface area (Å²) in [5, 5.41) is 0. The SMILES string of the molecule is CC(C)(C)C1C(=O)C(=O)N1C(C)(C)C. The van der Waals surface area contributed by atoms with Gasteiger partial charge in [-0.25, -0.2) is 0 Å². The molecule has 1 aliphatic rings. The van der Waals surface area contributed by atoms with Crippen LogP contribution in [0.5, 0.6) is 0 Å². The standard InChI is InChI=1S/C11H19NO2/c1-10(2,3)8-7(13)9(14)12(8)11(4,5)6/h8H,1-6H3. The van der Waals surface area contributed by atoms with Crippen molar-refractivity contribution in [2.45, 2.75) is 53.1 Å². The molecule has 0 radical (unpaired) electrons. The van der Waals surface area contributed by atoms with Crippen molar-refractivity contribution in [2.24, 2.45) is 5.41 Å². The van der Waals surface area contributed by atoms with Gasteiger partial charge in [0.2, 0.25) is 5.78 Å². The molecule has 1 heterocycles. The lowest BCUT2D eigenvalue weighted by Gasteiger charge is -2.52. The van der Waals surface area contributed by atoms with E-state index in [4.69, 9.17) is 0 Å². The summed E-state index contributed by atoms with van der Waals surface area (Å²) in [5.41, 5.74) is -0.429. The molecule has 1 rings (SSSR count). The number of amides is 1. The normalized spacial score (nSPS) is 23.9. The lowest BCUT2D eigenvalue weighted by atomic mass is 9.75. The molecule has 0 aromatic heterocycles. The van der Waals surface area contributed by atoms with Gasteiger partial charge in [-0.05, 0) is 26.2 Å². The van der Waals surface area contributed by atoms with E-state index >= 15 is 0 Å². The first kappa shape index (κ1) is 11.2. The molecular formula is C11H19NO2. The molecule has 1 amide bonds. The number of carbonyl (C=O) groups is 2. The maximum absolute atomic E-state index is 11.5. The zero-order valence-corrected chi connectivity index (χ0v) is 9.84. The molecule has 14 heavy (non-hydrogen) atoms. The Morgan fingerprint density at radius 3 is 1.64 bits per heavy atom. The van der Waals surface area contributed by atoms with E-state index in [1.807, 2.05) is 41.5 Å². The molecule has 0 aliphatic carbocycles. The summed E-state index contributed by atoms with van der Waals surface area (Å²) in [6.07, 6.45) is 0. The minimum Gasteiger partial charge on any atom is -0.320 e. The molecule has 3 nitrogen and oxygen atoms in total. The summed E-state index contributed by atoms with van der Waals surface area (Å²) in [6, 6.07) is -0.255. The van der Waals surface area contributed by atoms with Crippen LogP contribution in [0.15, 0.2) is 0 Å². The van der Waals surface area contributed by atoms with Gasteiger partial charge in [0.25, 0.3) is 5.91 Å². The van der Waals surface area contributed by atoms with Crippen LogP contribution >= 0.6 is 0 Å². The van der Waals surface area contributed by atoms with Gasteiger partial charge in [-0.1, -0.05) is 20.8 Å². The lowest BCUT2D eigenvalue weighted by molar-refractivity contribution is -0.173. The van der Waals surface area contributed by atoms with E-state index in [0.29, 0.717) is 0 Å². The van der Waals surface area contributed by atoms with Crippen molar-refractivity contribution in [3.05, 3.63) is 0 Å². The highest BCUT2D eigenvalue weighted by Gasteiger charge is 2.55. The fraction of sp³-hybridized carbons (Fsp3) is 0.818. The Morgan fingerprint density at radius 1 is 1.00 bits per heavy atom. The highest BCUT2D eigenvalue weighted by Crippen LogP contribution is 2.36. The van der Waals surface area contributed by atoms with Crippen molar-refractivity contribution in [2.75, 3.05) is 0 Å². The second-order valence-electron chi connectivity index (χ2n) is 5.98. The third-order valence-electron chi connectivity index (χ3n) is 2.48. The van der Waals surface area contributed by atoms with Crippen molar-refractivity contribution in [3.63, 3.8) is 0 Å². The molecule has 3 heteroatoms. The Kier molecular flexibility index (Phi) is 2.25. The third-order valence-corrected chi connectivity index (χ3v) is 2.48. The predicted octanol–water partition coefficient (Wildman–Crippen LogP) is 1.61. The average molecular weight is 197 g/mol. The van der Waals surface area contributed by atoms with E-state index in [2.05, 4.69) is 0 Å². The molecule has 1 saturated heterocycles. The Bertz CT molecular complexity index is 251. The van der Waals surface area contributed by atoms with Gasteiger partial charge >= 0.3 is 0 Å². The summed E-state index contributed by atoms with van der Waals surface area (Å²) in [4.78, 5) is 24.6. The fourth-order valence-corrected chi connectivity index (χ4v) is 1.88. The summed E-state index contributed by atoms with van der Waals surface area (Å²) >= 11 is 0. The first-order valence-corrected chi connectivity index (χ1v) is 4.94. The summed E-state index contributed by atoms with van der Waals surface area (Å²) < 4.78 is 0. The molecule has 0 N–H and O–H groups in total. The number of likely N-dealkylation sites (tertiary alicyclic amines) is 1. The average Bonchev–Trinajstić information content (AvgIpc) is 1.93. The minimum atomic E-state index is -0.336. The molecule has 80 valence electrons. The van der Waals surface area contributed by atoms with Crippen molar-refractivity contribution < 1.29 is 9.59 Å². The maximum Gasteiger partial charge on any atom is 0.293 e. The predicted molar refractivity (Wildman–Crippen MR) is 54.8 cm³/mol. The number of β-lactam (4-membered cyclic amide) rings is 1. The van der Waals surface area contributed by atoms with Crippen LogP contribution in [0.2, 0.25) is 0 Å². The molecule has 0 spiro atoms. The van der Waals surface area contributed by atoms with Gasteiger partial charge in [0.15, 0.2) is 0 Å². The van der Waals surface area contributed by atoms with Crippen LogP contribution in [-0.2, 0) is 9.59 Å². The molecule has 0 saturated carbocycles. The van der Waals surface area contributed by atoms with E-state index < -0.39 is 0 Å². The molecule has 0 aromatic rings. The zero-order chi connectivity index (χ0) is 11.3. The van der Waals surface area contributed by atoms with Gasteiger partial charge < -0.3 is 4.90 Å². The molecular weight excluding hydrogens is 178 g/mol. The minimum absolute atomic E-state index is 0.168. The monoisotopic (exact) mass is 197 g/mol. The quantitative estimate of drug-likeness (QED) is 0.437. The number of hydrogen-bond donors (Lipinski definition) is 0. The van der Waals surface area contributed by atoms with Crippen LogP contribution in [0.25, 0.3) is 0 Å². The van der Waals surface area contributed by atoms with Gasteiger partial charge in [0.05, 0.1) is 0 Å². The van der Waals surface area contributed by atoms with Gasteiger partial charge in [0.1, 0.15) is 6.04 Å². The summed E-state index contributed by atoms with van der Waals surface area (Å²) in [6.45, 7) is 11.8. The lowest BCUT2D eigenvalue weighted by Crippen LogP contribution is -2.71. The van der Waals surface area contributed by atoms with E-state index in [1.165, 1.54) is 0 Å². The highest BCUT2D eigenvalue weighted by atomic mass is 16.2. The van der Waals surface area contributed by atoms with E-state index in [-0.39, 0.29) is 28.7 Å². The van der Waals surface area contributed by atoms with Gasteiger partial charge in [-0.3, -0.25) is 9.59 Å². The molecule has 0 aromatic carbocycles. The van der Waals surface area contributed by atoms with E-state index in [9.17, 15) is 9.59 Å². The van der Waals surface area contributed by atoms with Crippen LogP contribution in [0.3, 0.4) is 0 Å². The highest BCUT2D eigenvalue weighted by molar-refractivity contribution is 6.44. The molecule has 1 atom stereocenters. The number of hydrogen-bond acceptors (Lipinski definition) is 2. The van der Waals surface area contributed by atoms with E-state index in [0.717, 1.165) is 0 Å². The number of ketones is 1. The number of nitrogens with zero attached hydrogens (tertiary/aromatic N) is 1. The molecule has 1 unspecified atom stereocenters. The second kappa shape index (κ2) is 2.81. The fourth-order valence-electron chi connectivity index (χ4n) is 1.88. The molecule has 0 bridgehead atoms. The maximum atomic E-state index is 11.5. The van der Waals surface area contributed by atoms with Crippen LogP contribution in [0.1, 0.15) is 41.5 Å². The Morgan fingerprint density at radius 2 is 1.43 bits per heavy atom. The Balaban J connectivity index is 2.98. The number of Topliss-reactive ketones (excluding diaryl/α,β-unsaturated/α-hetero) is 1. The van der Waals surface area contributed by atoms with Crippen LogP contribution in [-0.4, -0.2) is 28.2 Å². The second-order valence-corrected chi connectivity index (χ2v) is 5.98. The Labute approximate surface area is 85.5 Å². The summed E-state index contributed by atoms with van der Waals surface area (Å²) in [5.74, 6) is -0.579. The molecule has 1 aliphatic heterocycles. The summed E-state index contributed by atoms with van der Waals surface area (Å²) in [7, 11) is 0. The van der Waals surface area contributed by atoms with E-state index in [1.54, 1.807) is 4.90 Å². The van der Waals surface area contributed by atoms with Crippen LogP contribution in [0.4, 0.5) is 0 Å². The number of rotatable bonds is 0. The first-order chi connectivity index (χ1) is 6.07. The molecule has 1 fully saturated rings. The van der Waals surface area contributed by atoms with Crippen molar-refractivity contribution in [3.8, 4) is 0 Å². The van der Waals surface area contributed by atoms with Gasteiger partial charge in [0, 0.05) is 5.54 Å². The first-order valence-electron chi connectivity index (χ1n) is 4.94. The topological polar surface area (TPSA) is 37.4 Å². The Hall–Kier alpha value is -0.860. The van der Waals surface area contributed by atoms with Gasteiger partial charge in [-0.2, -0.15) is 0 Å². The zero-order valence-electron chi connectivity index (χ0n) is 9.84. The van der Waals surface area contributed by atoms with Crippen LogP contribution < -0.4 is 0 Å². The van der Waals surface area contributed by atoms with Crippen LogP contribution in [0, 0.1) is 5.41 Å². The van der Waals surface area contributed by atoms with Gasteiger partial charge in [-0.15, -0.1) is 0 Å². The largest absolute Gasteiger partial charge is 0.320 e. The number of carbonyl (C=O) groups excluding carboxylic acids is 2.